The molecule has 2 heterocycles. The second kappa shape index (κ2) is 6.61. The maximum atomic E-state index is 12.6. The Morgan fingerprint density at radius 2 is 2.22 bits per heavy atom. The van der Waals surface area contributed by atoms with Crippen LogP contribution in [0.1, 0.15) is 30.0 Å². The third-order valence-electron chi connectivity index (χ3n) is 3.96. The zero-order chi connectivity index (χ0) is 16.4. The lowest BCUT2D eigenvalue weighted by Crippen LogP contribution is -2.33. The molecule has 7 heteroatoms. The molecule has 3 rings (SSSR count). The molecule has 1 fully saturated rings. The first kappa shape index (κ1) is 15.9. The second-order valence-electron chi connectivity index (χ2n) is 5.46. The summed E-state index contributed by atoms with van der Waals surface area (Å²) in [6.45, 7) is 0.829. The molecule has 0 aliphatic carbocycles. The van der Waals surface area contributed by atoms with E-state index in [2.05, 4.69) is 5.10 Å². The van der Waals surface area contributed by atoms with E-state index in [0.29, 0.717) is 22.2 Å². The number of halogens is 2. The van der Waals surface area contributed by atoms with E-state index in [1.807, 2.05) is 23.1 Å². The van der Waals surface area contributed by atoms with E-state index in [9.17, 15) is 4.79 Å². The zero-order valence-electron chi connectivity index (χ0n) is 12.2. The normalized spacial score (nSPS) is 17.3. The lowest BCUT2D eigenvalue weighted by Gasteiger charge is -2.25. The number of benzene rings is 1. The quantitative estimate of drug-likeness (QED) is 0.853. The van der Waals surface area contributed by atoms with E-state index in [4.69, 9.17) is 28.5 Å². The van der Waals surface area contributed by atoms with E-state index >= 15 is 0 Å². The van der Waals surface area contributed by atoms with Gasteiger partial charge in [0.1, 0.15) is 12.6 Å². The minimum absolute atomic E-state index is 0.00302. The minimum atomic E-state index is -0.0221. The number of hydrogen-bond acceptors (Lipinski definition) is 3. The Kier molecular flexibility index (Phi) is 4.56. The topological polar surface area (TPSA) is 61.9 Å². The van der Waals surface area contributed by atoms with Crippen molar-refractivity contribution in [3.8, 4) is 6.07 Å². The highest BCUT2D eigenvalue weighted by molar-refractivity contribution is 6.42. The Hall–Kier alpha value is -2.03. The summed E-state index contributed by atoms with van der Waals surface area (Å²) >= 11 is 12.0. The summed E-state index contributed by atoms with van der Waals surface area (Å²) in [6, 6.07) is 7.49. The van der Waals surface area contributed by atoms with E-state index in [1.165, 1.54) is 10.9 Å². The molecule has 0 N–H and O–H groups in total. The first-order chi connectivity index (χ1) is 11.1. The molecule has 0 saturated carbocycles. The van der Waals surface area contributed by atoms with Gasteiger partial charge in [-0.2, -0.15) is 10.4 Å². The molecule has 1 unspecified atom stereocenters. The molecule has 1 saturated heterocycles. The van der Waals surface area contributed by atoms with Crippen LogP contribution in [0.5, 0.6) is 0 Å². The Labute approximate surface area is 144 Å². The number of nitrogens with zero attached hydrogens (tertiary/aromatic N) is 4. The van der Waals surface area contributed by atoms with Gasteiger partial charge in [0.05, 0.1) is 27.8 Å². The van der Waals surface area contributed by atoms with Crippen LogP contribution in [-0.2, 0) is 11.3 Å². The first-order valence-corrected chi connectivity index (χ1v) is 8.01. The average Bonchev–Trinajstić information content (AvgIpc) is 3.18. The van der Waals surface area contributed by atoms with Gasteiger partial charge in [0.2, 0.25) is 5.91 Å². The van der Waals surface area contributed by atoms with Gasteiger partial charge >= 0.3 is 0 Å². The highest BCUT2D eigenvalue weighted by Gasteiger charge is 2.30. The summed E-state index contributed by atoms with van der Waals surface area (Å²) in [7, 11) is 0. The zero-order valence-corrected chi connectivity index (χ0v) is 13.8. The minimum Gasteiger partial charge on any atom is -0.334 e. The lowest BCUT2D eigenvalue weighted by atomic mass is 10.0. The summed E-state index contributed by atoms with van der Waals surface area (Å²) in [6.07, 6.45) is 4.86. The molecule has 1 aliphatic rings. The summed E-state index contributed by atoms with van der Waals surface area (Å²) in [5, 5.41) is 13.8. The summed E-state index contributed by atoms with van der Waals surface area (Å²) < 4.78 is 1.49. The number of amides is 1. The van der Waals surface area contributed by atoms with Crippen LogP contribution >= 0.6 is 23.2 Å². The molecule has 1 aliphatic heterocycles. The van der Waals surface area contributed by atoms with Crippen LogP contribution in [0.25, 0.3) is 0 Å². The number of hydrogen-bond donors (Lipinski definition) is 0. The third kappa shape index (κ3) is 3.34. The predicted molar refractivity (Wildman–Crippen MR) is 87.1 cm³/mol. The van der Waals surface area contributed by atoms with E-state index in [0.717, 1.165) is 18.4 Å². The van der Waals surface area contributed by atoms with Crippen LogP contribution in [0, 0.1) is 11.3 Å². The van der Waals surface area contributed by atoms with Crippen molar-refractivity contribution in [2.75, 3.05) is 6.54 Å². The van der Waals surface area contributed by atoms with Gasteiger partial charge in [0.15, 0.2) is 0 Å². The maximum absolute atomic E-state index is 12.6. The first-order valence-electron chi connectivity index (χ1n) is 7.25. The summed E-state index contributed by atoms with van der Waals surface area (Å²) in [4.78, 5) is 14.4. The molecule has 0 spiro atoms. The van der Waals surface area contributed by atoms with E-state index in [-0.39, 0.29) is 18.5 Å². The average molecular weight is 349 g/mol. The highest BCUT2D eigenvalue weighted by atomic mass is 35.5. The summed E-state index contributed by atoms with van der Waals surface area (Å²) in [5.41, 5.74) is 1.43. The van der Waals surface area contributed by atoms with Crippen LogP contribution in [0.15, 0.2) is 30.6 Å². The van der Waals surface area contributed by atoms with Crippen molar-refractivity contribution in [2.45, 2.75) is 25.4 Å². The predicted octanol–water partition coefficient (Wildman–Crippen LogP) is 3.43. The Balaban J connectivity index is 1.76. The molecule has 0 radical (unpaired) electrons. The van der Waals surface area contributed by atoms with Crippen LogP contribution in [-0.4, -0.2) is 27.1 Å². The SMILES string of the molecule is N#Cc1cnn(CC(=O)N2CCCC2c2ccc(Cl)c(Cl)c2)c1. The van der Waals surface area contributed by atoms with E-state index < -0.39 is 0 Å². The highest BCUT2D eigenvalue weighted by Crippen LogP contribution is 2.35. The number of likely N-dealkylation sites (tertiary alicyclic amines) is 1. The third-order valence-corrected chi connectivity index (χ3v) is 4.70. The van der Waals surface area contributed by atoms with Gasteiger partial charge in [-0.05, 0) is 30.5 Å². The van der Waals surface area contributed by atoms with Crippen molar-refractivity contribution in [1.82, 2.24) is 14.7 Å². The molecular weight excluding hydrogens is 335 g/mol. The molecular formula is C16H14Cl2N4O. The van der Waals surface area contributed by atoms with Crippen molar-refractivity contribution in [2.24, 2.45) is 0 Å². The van der Waals surface area contributed by atoms with Crippen LogP contribution in [0.2, 0.25) is 10.0 Å². The van der Waals surface area contributed by atoms with Crippen molar-refractivity contribution < 1.29 is 4.79 Å². The standard InChI is InChI=1S/C16H14Cl2N4O/c17-13-4-3-12(6-14(13)18)15-2-1-5-22(15)16(23)10-21-9-11(7-19)8-20-21/h3-4,6,8-9,15H,1-2,5,10H2. The van der Waals surface area contributed by atoms with Gasteiger partial charge in [0.25, 0.3) is 0 Å². The number of nitriles is 1. The Morgan fingerprint density at radius 3 is 2.91 bits per heavy atom. The van der Waals surface area contributed by atoms with Gasteiger partial charge in [-0.25, -0.2) is 0 Å². The molecule has 2 aromatic rings. The molecule has 118 valence electrons. The molecule has 1 aromatic carbocycles. The number of aromatic nitrogens is 2. The lowest BCUT2D eigenvalue weighted by molar-refractivity contribution is -0.133. The molecule has 23 heavy (non-hydrogen) atoms. The van der Waals surface area contributed by atoms with Crippen molar-refractivity contribution in [3.63, 3.8) is 0 Å². The van der Waals surface area contributed by atoms with Gasteiger partial charge in [0, 0.05) is 12.7 Å². The van der Waals surface area contributed by atoms with Gasteiger partial charge in [-0.15, -0.1) is 0 Å². The molecule has 1 atom stereocenters. The van der Waals surface area contributed by atoms with Gasteiger partial charge in [-0.1, -0.05) is 29.3 Å². The van der Waals surface area contributed by atoms with Crippen LogP contribution in [0.4, 0.5) is 0 Å². The Morgan fingerprint density at radius 1 is 1.39 bits per heavy atom. The number of carbonyl (C=O) groups excluding carboxylic acids is 1. The fourth-order valence-electron chi connectivity index (χ4n) is 2.87. The van der Waals surface area contributed by atoms with E-state index in [1.54, 1.807) is 12.3 Å². The fraction of sp³-hybridized carbons (Fsp3) is 0.312. The second-order valence-corrected chi connectivity index (χ2v) is 6.27. The molecule has 5 nitrogen and oxygen atoms in total. The summed E-state index contributed by atoms with van der Waals surface area (Å²) in [5.74, 6) is -0.0221. The molecule has 1 amide bonds. The van der Waals surface area contributed by atoms with Crippen molar-refractivity contribution >= 4 is 29.1 Å². The monoisotopic (exact) mass is 348 g/mol. The van der Waals surface area contributed by atoms with Crippen LogP contribution < -0.4 is 0 Å². The van der Waals surface area contributed by atoms with Gasteiger partial charge in [-0.3, -0.25) is 9.48 Å². The van der Waals surface area contributed by atoms with Crippen molar-refractivity contribution in [3.05, 3.63) is 51.8 Å². The molecule has 1 aromatic heterocycles. The number of carbonyl (C=O) groups is 1. The van der Waals surface area contributed by atoms with Gasteiger partial charge < -0.3 is 4.90 Å². The smallest absolute Gasteiger partial charge is 0.244 e. The van der Waals surface area contributed by atoms with Crippen molar-refractivity contribution in [1.29, 1.82) is 5.26 Å². The number of rotatable bonds is 3. The van der Waals surface area contributed by atoms with Crippen LogP contribution in [0.3, 0.4) is 0 Å². The molecule has 0 bridgehead atoms. The largest absolute Gasteiger partial charge is 0.334 e. The maximum Gasteiger partial charge on any atom is 0.244 e. The fourth-order valence-corrected chi connectivity index (χ4v) is 3.18. The Bertz CT molecular complexity index is 781.